The number of anilines is 1. The van der Waals surface area contributed by atoms with E-state index in [2.05, 4.69) is 35.4 Å². The number of aromatic amines is 1. The van der Waals surface area contributed by atoms with Gasteiger partial charge in [-0.25, -0.2) is 9.97 Å². The second-order valence-corrected chi connectivity index (χ2v) is 13.1. The van der Waals surface area contributed by atoms with Crippen molar-refractivity contribution >= 4 is 11.7 Å². The van der Waals surface area contributed by atoms with Gasteiger partial charge in [0.05, 0.1) is 17.8 Å². The Morgan fingerprint density at radius 2 is 1.58 bits per heavy atom. The van der Waals surface area contributed by atoms with Crippen molar-refractivity contribution in [1.82, 2.24) is 30.0 Å². The van der Waals surface area contributed by atoms with Gasteiger partial charge in [0.25, 0.3) is 0 Å². The average Bonchev–Trinajstić information content (AvgIpc) is 3.55. The number of hydrogen-bond acceptors (Lipinski definition) is 6. The zero-order chi connectivity index (χ0) is 24.0. The van der Waals surface area contributed by atoms with Crippen LogP contribution in [0.1, 0.15) is 54.9 Å². The van der Waals surface area contributed by atoms with Crippen molar-refractivity contribution in [3.05, 3.63) is 29.7 Å². The molecule has 2 N–H and O–H groups in total. The van der Waals surface area contributed by atoms with Crippen LogP contribution in [-0.2, 0) is 11.0 Å². The fourth-order valence-electron chi connectivity index (χ4n) is 10.6. The van der Waals surface area contributed by atoms with Crippen molar-refractivity contribution in [2.75, 3.05) is 18.4 Å². The highest BCUT2D eigenvalue weighted by Crippen LogP contribution is 3.07. The van der Waals surface area contributed by atoms with Crippen LogP contribution in [0, 0.1) is 46.3 Å². The molecular weight excluding hydrogens is 471 g/mol. The number of likely N-dealkylation sites (tertiary alicyclic amines) is 1. The van der Waals surface area contributed by atoms with Crippen molar-refractivity contribution in [1.29, 1.82) is 0 Å². The van der Waals surface area contributed by atoms with Crippen LogP contribution in [-0.4, -0.2) is 54.6 Å². The number of rotatable bonds is 5. The van der Waals surface area contributed by atoms with Crippen LogP contribution in [0.4, 0.5) is 19.0 Å². The lowest BCUT2D eigenvalue weighted by molar-refractivity contribution is -0.597. The van der Waals surface area contributed by atoms with Crippen molar-refractivity contribution < 1.29 is 18.0 Å². The van der Waals surface area contributed by atoms with E-state index in [9.17, 15) is 18.0 Å². The van der Waals surface area contributed by atoms with Gasteiger partial charge in [0, 0.05) is 35.9 Å². The number of alkyl halides is 3. The van der Waals surface area contributed by atoms with Gasteiger partial charge < -0.3 is 15.2 Å². The summed E-state index contributed by atoms with van der Waals surface area (Å²) in [5.74, 6) is 6.72. The van der Waals surface area contributed by atoms with Crippen LogP contribution in [0.5, 0.6) is 0 Å². The third kappa shape index (κ3) is 1.74. The summed E-state index contributed by atoms with van der Waals surface area (Å²) in [4.78, 5) is 26.7. The van der Waals surface area contributed by atoms with Crippen LogP contribution in [0.2, 0.25) is 0 Å². The van der Waals surface area contributed by atoms with E-state index in [0.717, 1.165) is 43.8 Å². The van der Waals surface area contributed by atoms with E-state index >= 15 is 0 Å². The molecule has 9 fully saturated rings. The lowest BCUT2D eigenvalue weighted by Gasteiger charge is -3.10. The average molecular weight is 496 g/mol. The van der Waals surface area contributed by atoms with E-state index < -0.39 is 11.9 Å². The highest BCUT2D eigenvalue weighted by Gasteiger charge is 3.12. The summed E-state index contributed by atoms with van der Waals surface area (Å²) in [6.07, 6.45) is 2.13. The van der Waals surface area contributed by atoms with E-state index in [4.69, 9.17) is 0 Å². The Bertz CT molecular complexity index is 1310. The number of nitrogens with zero attached hydrogens (tertiary/aromatic N) is 5. The summed E-state index contributed by atoms with van der Waals surface area (Å²) in [5.41, 5.74) is -0.842. The number of hydrogen-bond donors (Lipinski definition) is 2. The molecule has 9 aliphatic rings. The lowest BCUT2D eigenvalue weighted by atomic mass is 8.94. The molecule has 11 rings (SSSR count). The first-order valence-electron chi connectivity index (χ1n) is 13.2. The quantitative estimate of drug-likeness (QED) is 0.662. The van der Waals surface area contributed by atoms with Gasteiger partial charge in [0.2, 0.25) is 5.91 Å². The van der Waals surface area contributed by atoms with E-state index in [1.165, 1.54) is 19.0 Å². The number of aromatic nitrogens is 5. The molecule has 8 aliphatic carbocycles. The molecule has 0 bridgehead atoms. The third-order valence-corrected chi connectivity index (χ3v) is 11.9. The molecule has 0 radical (unpaired) electrons. The van der Waals surface area contributed by atoms with E-state index in [-0.39, 0.29) is 16.4 Å². The molecule has 0 aromatic carbocycles. The highest BCUT2D eigenvalue weighted by molar-refractivity contribution is 5.94. The topological polar surface area (TPSA) is 99.7 Å². The van der Waals surface area contributed by atoms with Gasteiger partial charge in [-0.05, 0) is 61.2 Å². The van der Waals surface area contributed by atoms with Crippen LogP contribution in [0.15, 0.2) is 12.4 Å². The highest BCUT2D eigenvalue weighted by atomic mass is 19.4. The van der Waals surface area contributed by atoms with Gasteiger partial charge in [-0.1, -0.05) is 0 Å². The maximum absolute atomic E-state index is 13.6. The summed E-state index contributed by atoms with van der Waals surface area (Å²) in [6, 6.07) is 0. The number of carbonyl (C=O) groups excluding carboxylic acids is 1. The summed E-state index contributed by atoms with van der Waals surface area (Å²) >= 11 is 0. The Hall–Kier alpha value is -2.72. The summed E-state index contributed by atoms with van der Waals surface area (Å²) < 4.78 is 38.4. The van der Waals surface area contributed by atoms with Crippen LogP contribution < -0.4 is 5.32 Å². The first-order valence-corrected chi connectivity index (χ1v) is 13.2. The molecule has 1 aliphatic heterocycles. The number of halogens is 3. The van der Waals surface area contributed by atoms with E-state index in [1.807, 2.05) is 0 Å². The Labute approximate surface area is 203 Å². The molecule has 1 saturated heterocycles. The SMILES string of the molecule is O=C(N1CC2(CC(c3nnc(C4CC4)[nH]3)C2)C1)C12C3C4C1C1C2C3C41Nc1cnc(C(F)(F)F)cn1. The predicted molar refractivity (Wildman–Crippen MR) is 116 cm³/mol. The van der Waals surface area contributed by atoms with E-state index in [0.29, 0.717) is 59.1 Å². The Kier molecular flexibility index (Phi) is 2.85. The van der Waals surface area contributed by atoms with Crippen molar-refractivity contribution in [3.63, 3.8) is 0 Å². The zero-order valence-electron chi connectivity index (χ0n) is 19.3. The number of nitrogens with one attached hydrogen (secondary N) is 2. The number of amides is 1. The summed E-state index contributed by atoms with van der Waals surface area (Å²) in [5, 5.41) is 12.2. The molecule has 11 heteroatoms. The fraction of sp³-hybridized carbons (Fsp3) is 0.720. The van der Waals surface area contributed by atoms with Crippen LogP contribution >= 0.6 is 0 Å². The van der Waals surface area contributed by atoms with Crippen LogP contribution in [0.25, 0.3) is 0 Å². The Morgan fingerprint density at radius 3 is 2.14 bits per heavy atom. The molecule has 0 atom stereocenters. The summed E-state index contributed by atoms with van der Waals surface area (Å²) in [7, 11) is 0. The standard InChI is InChI=1S/C25H24F3N7O/c26-25(27,28)11-5-30-12(6-29-11)32-24-16-13-17(24)15-18(24)14(16)23(13,15)21(36)35-7-22(8-35)3-10(4-22)20-31-19(33-34-20)9-1-2-9/h5-6,9-10,13-18H,1-4,7-8H2,(H,30,32)(H,31,33,34). The Morgan fingerprint density at radius 1 is 0.944 bits per heavy atom. The molecule has 1 spiro atoms. The smallest absolute Gasteiger partial charge is 0.362 e. The van der Waals surface area contributed by atoms with Gasteiger partial charge in [0.1, 0.15) is 17.5 Å². The molecule has 3 heterocycles. The first-order chi connectivity index (χ1) is 17.3. The van der Waals surface area contributed by atoms with Gasteiger partial charge >= 0.3 is 6.18 Å². The molecule has 8 nitrogen and oxygen atoms in total. The Balaban J connectivity index is 0.787. The molecule has 0 unspecified atom stereocenters. The minimum Gasteiger partial charge on any atom is -0.362 e. The fourth-order valence-corrected chi connectivity index (χ4v) is 10.6. The summed E-state index contributed by atoms with van der Waals surface area (Å²) in [6.45, 7) is 1.76. The van der Waals surface area contributed by atoms with Gasteiger partial charge in [-0.2, -0.15) is 13.2 Å². The second kappa shape index (κ2) is 5.29. The third-order valence-electron chi connectivity index (χ3n) is 11.9. The monoisotopic (exact) mass is 495 g/mol. The molecule has 2 aromatic heterocycles. The lowest BCUT2D eigenvalue weighted by Crippen LogP contribution is -3.15. The van der Waals surface area contributed by atoms with E-state index in [1.54, 1.807) is 0 Å². The first kappa shape index (κ1) is 19.4. The largest absolute Gasteiger partial charge is 0.434 e. The zero-order valence-corrected chi connectivity index (χ0v) is 19.3. The molecule has 8 saturated carbocycles. The maximum Gasteiger partial charge on any atom is 0.434 e. The van der Waals surface area contributed by atoms with Gasteiger partial charge in [0.15, 0.2) is 5.69 Å². The van der Waals surface area contributed by atoms with Gasteiger partial charge in [-0.15, -0.1) is 10.2 Å². The molecular formula is C25H24F3N7O. The predicted octanol–water partition coefficient (Wildman–Crippen LogP) is 2.80. The minimum atomic E-state index is -4.48. The van der Waals surface area contributed by atoms with Gasteiger partial charge in [-0.3, -0.25) is 4.79 Å². The maximum atomic E-state index is 13.6. The molecule has 186 valence electrons. The van der Waals surface area contributed by atoms with Crippen LogP contribution in [0.3, 0.4) is 0 Å². The molecule has 1 amide bonds. The second-order valence-electron chi connectivity index (χ2n) is 13.1. The molecule has 36 heavy (non-hydrogen) atoms. The number of H-pyrrole nitrogens is 1. The van der Waals surface area contributed by atoms with Crippen molar-refractivity contribution in [2.24, 2.45) is 46.3 Å². The van der Waals surface area contributed by atoms with Crippen molar-refractivity contribution in [3.8, 4) is 0 Å². The normalized spacial score (nSPS) is 45.2. The number of carbonyl (C=O) groups is 1. The minimum absolute atomic E-state index is 0.0375. The van der Waals surface area contributed by atoms with Crippen molar-refractivity contribution in [2.45, 2.75) is 49.2 Å². The molecule has 2 aromatic rings.